The van der Waals surface area contributed by atoms with Crippen LogP contribution in [0.1, 0.15) is 0 Å². The first-order valence-corrected chi connectivity index (χ1v) is 3.03. The van der Waals surface area contributed by atoms with Gasteiger partial charge in [-0.2, -0.15) is 0 Å². The number of nitrogens with zero attached hydrogens (tertiary/aromatic N) is 1. The topological polar surface area (TPSA) is 63.4 Å². The number of halogens is 1. The van der Waals surface area contributed by atoms with Crippen LogP contribution in [0.4, 0.5) is 5.69 Å². The first-order chi connectivity index (χ1) is 5.11. The fourth-order valence-corrected chi connectivity index (χ4v) is 0.723. The Morgan fingerprint density at radius 2 is 2.36 bits per heavy atom. The molecule has 0 aliphatic heterocycles. The molecule has 0 aliphatic rings. The Balaban J connectivity index is 3.15. The van der Waals surface area contributed by atoms with Crippen molar-refractivity contribution >= 4 is 17.3 Å². The van der Waals surface area contributed by atoms with Gasteiger partial charge in [0.15, 0.2) is 0 Å². The number of phenolic OH excluding ortho intramolecular Hbond substituents is 1. The predicted molar refractivity (Wildman–Crippen MR) is 38.6 cm³/mol. The second kappa shape index (κ2) is 2.75. The Hall–Kier alpha value is -1.29. The number of rotatable bonds is 1. The Bertz CT molecular complexity index is 300. The lowest BCUT2D eigenvalue weighted by molar-refractivity contribution is -0.384. The van der Waals surface area contributed by atoms with Crippen molar-refractivity contribution in [3.8, 4) is 5.75 Å². The third-order valence-electron chi connectivity index (χ3n) is 1.07. The van der Waals surface area contributed by atoms with Crippen LogP contribution in [0.2, 0.25) is 5.02 Å². The van der Waals surface area contributed by atoms with Gasteiger partial charge < -0.3 is 5.11 Å². The summed E-state index contributed by atoms with van der Waals surface area (Å²) in [4.78, 5) is 9.50. The molecule has 1 aromatic carbocycles. The van der Waals surface area contributed by atoms with E-state index in [0.29, 0.717) is 0 Å². The summed E-state index contributed by atoms with van der Waals surface area (Å²) >= 11 is 5.37. The number of aromatic hydroxyl groups is 1. The van der Waals surface area contributed by atoms with Gasteiger partial charge in [-0.05, 0) is 0 Å². The molecule has 1 radical (unpaired) electrons. The van der Waals surface area contributed by atoms with Crippen molar-refractivity contribution < 1.29 is 10.0 Å². The highest BCUT2D eigenvalue weighted by Crippen LogP contribution is 2.26. The quantitative estimate of drug-likeness (QED) is 0.519. The Kier molecular flexibility index (Phi) is 1.96. The van der Waals surface area contributed by atoms with Crippen LogP contribution in [-0.4, -0.2) is 10.0 Å². The molecule has 0 unspecified atom stereocenters. The summed E-state index contributed by atoms with van der Waals surface area (Å²) in [5.74, 6) is -0.280. The van der Waals surface area contributed by atoms with Crippen molar-refractivity contribution in [3.63, 3.8) is 0 Å². The maximum absolute atomic E-state index is 10.1. The van der Waals surface area contributed by atoms with E-state index >= 15 is 0 Å². The molecule has 5 heteroatoms. The minimum atomic E-state index is -0.609. The summed E-state index contributed by atoms with van der Waals surface area (Å²) in [6, 6.07) is 4.35. The second-order valence-electron chi connectivity index (χ2n) is 1.81. The molecule has 0 aromatic heterocycles. The minimum absolute atomic E-state index is 0.0702. The Morgan fingerprint density at radius 1 is 1.73 bits per heavy atom. The molecule has 57 valence electrons. The van der Waals surface area contributed by atoms with Crippen molar-refractivity contribution in [3.05, 3.63) is 33.3 Å². The Labute approximate surface area is 67.2 Å². The summed E-state index contributed by atoms with van der Waals surface area (Å²) < 4.78 is 0. The van der Waals surface area contributed by atoms with Gasteiger partial charge in [0, 0.05) is 18.2 Å². The standard InChI is InChI=1S/C6H3ClNO3/c7-5-3-4(8(10)11)1-2-6(5)9/h1,3,9H. The molecule has 0 amide bonds. The maximum Gasteiger partial charge on any atom is 0.271 e. The third kappa shape index (κ3) is 1.59. The molecule has 4 nitrogen and oxygen atoms in total. The average Bonchev–Trinajstić information content (AvgIpc) is 1.94. The molecule has 1 aromatic rings. The van der Waals surface area contributed by atoms with Crippen molar-refractivity contribution in [2.24, 2.45) is 0 Å². The smallest absolute Gasteiger partial charge is 0.271 e. The average molecular weight is 173 g/mol. The van der Waals surface area contributed by atoms with Gasteiger partial charge in [0.2, 0.25) is 0 Å². The number of benzene rings is 1. The van der Waals surface area contributed by atoms with Gasteiger partial charge in [-0.3, -0.25) is 10.1 Å². The molecule has 0 bridgehead atoms. The molecule has 11 heavy (non-hydrogen) atoms. The first kappa shape index (κ1) is 7.81. The van der Waals surface area contributed by atoms with E-state index in [0.717, 1.165) is 12.1 Å². The van der Waals surface area contributed by atoms with E-state index < -0.39 is 4.92 Å². The van der Waals surface area contributed by atoms with Gasteiger partial charge in [-0.25, -0.2) is 0 Å². The lowest BCUT2D eigenvalue weighted by Gasteiger charge is -1.93. The maximum atomic E-state index is 10.1. The molecule has 0 saturated carbocycles. The van der Waals surface area contributed by atoms with Crippen LogP contribution in [0.25, 0.3) is 0 Å². The molecule has 0 spiro atoms. The Morgan fingerprint density at radius 3 is 2.82 bits per heavy atom. The monoisotopic (exact) mass is 172 g/mol. The van der Waals surface area contributed by atoms with Crippen molar-refractivity contribution in [1.29, 1.82) is 0 Å². The highest BCUT2D eigenvalue weighted by molar-refractivity contribution is 6.32. The van der Waals surface area contributed by atoms with Crippen LogP contribution in [0.3, 0.4) is 0 Å². The van der Waals surface area contributed by atoms with Crippen LogP contribution in [-0.2, 0) is 0 Å². The van der Waals surface area contributed by atoms with Crippen molar-refractivity contribution in [2.45, 2.75) is 0 Å². The van der Waals surface area contributed by atoms with Gasteiger partial charge in [0.25, 0.3) is 5.69 Å². The van der Waals surface area contributed by atoms with E-state index in [1.807, 2.05) is 0 Å². The van der Waals surface area contributed by atoms with E-state index in [-0.39, 0.29) is 16.5 Å². The van der Waals surface area contributed by atoms with E-state index in [1.165, 1.54) is 0 Å². The van der Waals surface area contributed by atoms with Crippen LogP contribution in [0.15, 0.2) is 12.1 Å². The van der Waals surface area contributed by atoms with E-state index in [2.05, 4.69) is 6.07 Å². The molecule has 0 saturated heterocycles. The van der Waals surface area contributed by atoms with Gasteiger partial charge in [0.05, 0.1) is 9.95 Å². The number of non-ortho nitro benzene ring substituents is 1. The molecule has 0 fully saturated rings. The number of phenols is 1. The highest BCUT2D eigenvalue weighted by atomic mass is 35.5. The van der Waals surface area contributed by atoms with Crippen LogP contribution in [0, 0.1) is 16.2 Å². The predicted octanol–water partition coefficient (Wildman–Crippen LogP) is 1.75. The summed E-state index contributed by atoms with van der Waals surface area (Å²) in [6.45, 7) is 0. The number of nitro benzene ring substituents is 1. The lowest BCUT2D eigenvalue weighted by atomic mass is 10.3. The second-order valence-corrected chi connectivity index (χ2v) is 2.22. The molecule has 0 aliphatic carbocycles. The van der Waals surface area contributed by atoms with Crippen molar-refractivity contribution in [1.82, 2.24) is 0 Å². The van der Waals surface area contributed by atoms with E-state index in [1.54, 1.807) is 0 Å². The van der Waals surface area contributed by atoms with Crippen LogP contribution in [0.5, 0.6) is 5.75 Å². The lowest BCUT2D eigenvalue weighted by Crippen LogP contribution is -1.86. The number of nitro groups is 1. The fraction of sp³-hybridized carbons (Fsp3) is 0. The largest absolute Gasteiger partial charge is 0.506 e. The van der Waals surface area contributed by atoms with E-state index in [4.69, 9.17) is 16.7 Å². The summed E-state index contributed by atoms with van der Waals surface area (Å²) in [6.07, 6.45) is 0. The summed E-state index contributed by atoms with van der Waals surface area (Å²) in [5.41, 5.74) is -0.187. The molecule has 1 N–H and O–H groups in total. The fourth-order valence-electron chi connectivity index (χ4n) is 0.557. The zero-order valence-corrected chi connectivity index (χ0v) is 6.00. The zero-order chi connectivity index (χ0) is 8.43. The van der Waals surface area contributed by atoms with Crippen molar-refractivity contribution in [2.75, 3.05) is 0 Å². The molecule has 0 atom stereocenters. The number of hydrogen-bond donors (Lipinski definition) is 1. The van der Waals surface area contributed by atoms with Gasteiger partial charge in [0.1, 0.15) is 5.75 Å². The normalized spacial score (nSPS) is 9.55. The minimum Gasteiger partial charge on any atom is -0.506 e. The molecule has 0 heterocycles. The van der Waals surface area contributed by atoms with Gasteiger partial charge in [-0.15, -0.1) is 0 Å². The molecular weight excluding hydrogens is 170 g/mol. The SMILES string of the molecule is O=[N+]([O-])c1c[c]c(O)c(Cl)c1. The van der Waals surface area contributed by atoms with E-state index in [9.17, 15) is 10.1 Å². The molecular formula is C6H3ClNO3. The van der Waals surface area contributed by atoms with Crippen LogP contribution < -0.4 is 0 Å². The highest BCUT2D eigenvalue weighted by Gasteiger charge is 2.07. The molecule has 1 rings (SSSR count). The van der Waals surface area contributed by atoms with Gasteiger partial charge >= 0.3 is 0 Å². The number of hydrogen-bond acceptors (Lipinski definition) is 3. The van der Waals surface area contributed by atoms with Crippen LogP contribution >= 0.6 is 11.6 Å². The third-order valence-corrected chi connectivity index (χ3v) is 1.36. The zero-order valence-electron chi connectivity index (χ0n) is 5.24. The summed E-state index contributed by atoms with van der Waals surface area (Å²) in [7, 11) is 0. The van der Waals surface area contributed by atoms with Gasteiger partial charge in [-0.1, -0.05) is 11.6 Å². The summed E-state index contributed by atoms with van der Waals surface area (Å²) in [5, 5.41) is 18.9. The first-order valence-electron chi connectivity index (χ1n) is 2.66.